The Morgan fingerprint density at radius 3 is 2.56 bits per heavy atom. The van der Waals surface area contributed by atoms with Gasteiger partial charge in [-0.15, -0.1) is 6.58 Å². The molecule has 7 heteroatoms. The number of aliphatic hydroxyl groups is 3. The van der Waals surface area contributed by atoms with E-state index in [1.165, 1.54) is 13.0 Å². The van der Waals surface area contributed by atoms with Crippen LogP contribution in [0.3, 0.4) is 0 Å². The topological polar surface area (TPSA) is 113 Å². The molecule has 0 aliphatic carbocycles. The lowest BCUT2D eigenvalue weighted by Gasteiger charge is -2.49. The third-order valence-corrected chi connectivity index (χ3v) is 2.94. The first-order valence-electron chi connectivity index (χ1n) is 5.60. The number of hydrogen-bond acceptors (Lipinski definition) is 6. The third-order valence-electron chi connectivity index (χ3n) is 2.94. The average Bonchev–Trinajstić information content (AvgIpc) is 2.32. The normalized spacial score (nSPS) is 36.2. The van der Waals surface area contributed by atoms with Gasteiger partial charge in [0.15, 0.2) is 0 Å². The molecule has 1 aliphatic heterocycles. The Hall–Kier alpha value is -0.990. The van der Waals surface area contributed by atoms with Gasteiger partial charge in [-0.1, -0.05) is 6.08 Å². The van der Waals surface area contributed by atoms with Crippen molar-refractivity contribution < 1.29 is 30.0 Å². The van der Waals surface area contributed by atoms with Gasteiger partial charge >= 0.3 is 0 Å². The van der Waals surface area contributed by atoms with Crippen LogP contribution >= 0.6 is 0 Å². The fourth-order valence-electron chi connectivity index (χ4n) is 2.00. The minimum Gasteiger partial charge on any atom is -0.829 e. The van der Waals surface area contributed by atoms with Crippen LogP contribution in [0.15, 0.2) is 12.7 Å². The van der Waals surface area contributed by atoms with Crippen molar-refractivity contribution in [3.8, 4) is 0 Å². The van der Waals surface area contributed by atoms with Crippen molar-refractivity contribution in [1.82, 2.24) is 4.90 Å². The lowest BCUT2D eigenvalue weighted by molar-refractivity contribution is -0.525. The standard InChI is InChI=1S/C11H18NO6/c1-3-4-12(6(2)14)8-10(16)9(15)7(5-13)18-11(8)17/h3,7-11,13,15-16H,1,4-5H2,2H3/q-1/t7-,8-,9-,10-,11+/m1/s1. The number of nitrogens with zero attached hydrogens (tertiary/aromatic N) is 1. The Labute approximate surface area is 105 Å². The molecule has 7 nitrogen and oxygen atoms in total. The van der Waals surface area contributed by atoms with Crippen molar-refractivity contribution in [2.24, 2.45) is 0 Å². The van der Waals surface area contributed by atoms with Gasteiger partial charge in [0, 0.05) is 19.8 Å². The molecule has 0 radical (unpaired) electrons. The maximum Gasteiger partial charge on any atom is 0.220 e. The van der Waals surface area contributed by atoms with E-state index in [9.17, 15) is 20.1 Å². The second-order valence-corrected chi connectivity index (χ2v) is 4.16. The molecule has 1 saturated heterocycles. The van der Waals surface area contributed by atoms with E-state index < -0.39 is 43.2 Å². The summed E-state index contributed by atoms with van der Waals surface area (Å²) < 4.78 is 4.86. The van der Waals surface area contributed by atoms with E-state index in [0.29, 0.717) is 0 Å². The number of amides is 1. The molecular weight excluding hydrogens is 242 g/mol. The van der Waals surface area contributed by atoms with Crippen LogP contribution in [0, 0.1) is 0 Å². The van der Waals surface area contributed by atoms with Crippen molar-refractivity contribution in [1.29, 1.82) is 0 Å². The quantitative estimate of drug-likeness (QED) is 0.470. The van der Waals surface area contributed by atoms with E-state index >= 15 is 0 Å². The SMILES string of the molecule is C=CCN(C(C)=O)[C@@H]1[C@@H](O)[C@H](O)[C@@H](CO)O[C@@H]1[O-]. The minimum atomic E-state index is -1.73. The first-order chi connectivity index (χ1) is 8.43. The number of carbonyl (C=O) groups is 1. The van der Waals surface area contributed by atoms with Gasteiger partial charge in [0.2, 0.25) is 5.91 Å². The molecule has 104 valence electrons. The summed E-state index contributed by atoms with van der Waals surface area (Å²) in [7, 11) is 0. The molecule has 18 heavy (non-hydrogen) atoms. The molecule has 0 bridgehead atoms. The second-order valence-electron chi connectivity index (χ2n) is 4.16. The summed E-state index contributed by atoms with van der Waals surface area (Å²) in [6, 6.07) is -1.21. The van der Waals surface area contributed by atoms with Gasteiger partial charge in [-0.3, -0.25) is 4.79 Å². The molecule has 5 atom stereocenters. The largest absolute Gasteiger partial charge is 0.829 e. The Morgan fingerprint density at radius 2 is 2.11 bits per heavy atom. The van der Waals surface area contributed by atoms with Crippen LogP contribution in [0.5, 0.6) is 0 Å². The number of carbonyl (C=O) groups excluding carboxylic acids is 1. The summed E-state index contributed by atoms with van der Waals surface area (Å²) in [6.45, 7) is 4.19. The van der Waals surface area contributed by atoms with Crippen molar-refractivity contribution in [2.75, 3.05) is 13.2 Å². The molecule has 0 spiro atoms. The Balaban J connectivity index is 2.92. The molecule has 1 aliphatic rings. The number of aliphatic hydroxyl groups excluding tert-OH is 3. The highest BCUT2D eigenvalue weighted by molar-refractivity contribution is 5.74. The summed E-state index contributed by atoms with van der Waals surface area (Å²) >= 11 is 0. The monoisotopic (exact) mass is 260 g/mol. The van der Waals surface area contributed by atoms with Crippen LogP contribution in [0.4, 0.5) is 0 Å². The first kappa shape index (κ1) is 15.1. The summed E-state index contributed by atoms with van der Waals surface area (Å²) in [6.07, 6.45) is -4.36. The van der Waals surface area contributed by atoms with Gasteiger partial charge in [0.25, 0.3) is 0 Å². The van der Waals surface area contributed by atoms with Crippen LogP contribution in [-0.2, 0) is 9.53 Å². The van der Waals surface area contributed by atoms with E-state index in [1.54, 1.807) is 0 Å². The molecule has 0 saturated carbocycles. The fourth-order valence-corrected chi connectivity index (χ4v) is 2.00. The van der Waals surface area contributed by atoms with Crippen LogP contribution in [0.2, 0.25) is 0 Å². The predicted octanol–water partition coefficient (Wildman–Crippen LogP) is -2.81. The first-order valence-corrected chi connectivity index (χ1v) is 5.60. The van der Waals surface area contributed by atoms with E-state index in [2.05, 4.69) is 6.58 Å². The van der Waals surface area contributed by atoms with Crippen LogP contribution in [0.25, 0.3) is 0 Å². The second kappa shape index (κ2) is 6.26. The Bertz CT molecular complexity index is 310. The Morgan fingerprint density at radius 1 is 1.50 bits per heavy atom. The summed E-state index contributed by atoms with van der Waals surface area (Å²) in [5, 5.41) is 40.3. The summed E-state index contributed by atoms with van der Waals surface area (Å²) in [5.41, 5.74) is 0. The lowest BCUT2D eigenvalue weighted by Crippen LogP contribution is -2.68. The fraction of sp³-hybridized carbons (Fsp3) is 0.727. The summed E-state index contributed by atoms with van der Waals surface area (Å²) in [5.74, 6) is -0.432. The highest BCUT2D eigenvalue weighted by Crippen LogP contribution is 2.22. The van der Waals surface area contributed by atoms with Gasteiger partial charge in [-0.25, -0.2) is 0 Å². The average molecular weight is 260 g/mol. The van der Waals surface area contributed by atoms with E-state index in [4.69, 9.17) is 9.84 Å². The molecule has 1 rings (SSSR count). The van der Waals surface area contributed by atoms with Gasteiger partial charge in [0.05, 0.1) is 12.6 Å². The van der Waals surface area contributed by atoms with E-state index in [1.807, 2.05) is 0 Å². The van der Waals surface area contributed by atoms with Crippen molar-refractivity contribution >= 4 is 5.91 Å². The zero-order valence-electron chi connectivity index (χ0n) is 10.1. The van der Waals surface area contributed by atoms with Crippen LogP contribution in [-0.4, -0.2) is 69.9 Å². The third kappa shape index (κ3) is 2.88. The molecular formula is C11H18NO6-. The summed E-state index contributed by atoms with van der Waals surface area (Å²) in [4.78, 5) is 12.5. The highest BCUT2D eigenvalue weighted by atomic mass is 16.6. The van der Waals surface area contributed by atoms with Gasteiger partial charge in [-0.05, 0) is 0 Å². The van der Waals surface area contributed by atoms with E-state index in [0.717, 1.165) is 4.90 Å². The highest BCUT2D eigenvalue weighted by Gasteiger charge is 2.43. The Kier molecular flexibility index (Phi) is 5.24. The molecule has 1 amide bonds. The number of ether oxygens (including phenoxy) is 1. The van der Waals surface area contributed by atoms with Gasteiger partial charge < -0.3 is 30.1 Å². The molecule has 0 aromatic rings. The van der Waals surface area contributed by atoms with Crippen molar-refractivity contribution in [3.05, 3.63) is 12.7 Å². The number of hydrogen-bond donors (Lipinski definition) is 3. The van der Waals surface area contributed by atoms with Gasteiger partial charge in [0.1, 0.15) is 18.3 Å². The maximum absolute atomic E-state index is 11.8. The zero-order valence-corrected chi connectivity index (χ0v) is 10.1. The van der Waals surface area contributed by atoms with Crippen LogP contribution in [0.1, 0.15) is 6.92 Å². The van der Waals surface area contributed by atoms with Crippen molar-refractivity contribution in [2.45, 2.75) is 37.6 Å². The van der Waals surface area contributed by atoms with Crippen molar-refractivity contribution in [3.63, 3.8) is 0 Å². The number of rotatable bonds is 4. The molecule has 1 heterocycles. The predicted molar refractivity (Wildman–Crippen MR) is 59.1 cm³/mol. The maximum atomic E-state index is 11.8. The molecule has 0 unspecified atom stereocenters. The molecule has 0 aromatic carbocycles. The lowest BCUT2D eigenvalue weighted by atomic mass is 9.95. The molecule has 1 fully saturated rings. The molecule has 3 N–H and O–H groups in total. The zero-order chi connectivity index (χ0) is 13.9. The van der Waals surface area contributed by atoms with E-state index in [-0.39, 0.29) is 6.54 Å². The van der Waals surface area contributed by atoms with Gasteiger partial charge in [-0.2, -0.15) is 0 Å². The smallest absolute Gasteiger partial charge is 0.220 e. The minimum absolute atomic E-state index is 0.0652. The van der Waals surface area contributed by atoms with Crippen LogP contribution < -0.4 is 5.11 Å². The molecule has 0 aromatic heterocycles.